The molecule has 72 valence electrons. The minimum Gasteiger partial charge on any atom is -0.453 e. The first-order valence-electron chi connectivity index (χ1n) is 4.72. The molecule has 2 rings (SSSR count). The van der Waals surface area contributed by atoms with E-state index in [1.165, 1.54) is 19.3 Å². The van der Waals surface area contributed by atoms with Crippen LogP contribution in [0.25, 0.3) is 0 Å². The second kappa shape index (κ2) is 3.84. The van der Waals surface area contributed by atoms with Crippen molar-refractivity contribution in [3.8, 4) is 0 Å². The monoisotopic (exact) mass is 243 g/mol. The van der Waals surface area contributed by atoms with Gasteiger partial charge in [0.1, 0.15) is 5.76 Å². The van der Waals surface area contributed by atoms with Gasteiger partial charge in [0, 0.05) is 0 Å². The van der Waals surface area contributed by atoms with Crippen LogP contribution in [-0.4, -0.2) is 7.05 Å². The fraction of sp³-hybridized carbons (Fsp3) is 0.600. The van der Waals surface area contributed by atoms with Crippen molar-refractivity contribution in [2.45, 2.75) is 25.3 Å². The van der Waals surface area contributed by atoms with Gasteiger partial charge in [0.15, 0.2) is 4.67 Å². The molecule has 1 unspecified atom stereocenters. The molecular weight excluding hydrogens is 230 g/mol. The van der Waals surface area contributed by atoms with Gasteiger partial charge in [0.2, 0.25) is 0 Å². The molecule has 1 saturated carbocycles. The van der Waals surface area contributed by atoms with Crippen molar-refractivity contribution in [1.82, 2.24) is 5.32 Å². The zero-order valence-electron chi connectivity index (χ0n) is 7.72. The minimum absolute atomic E-state index is 0.388. The summed E-state index contributed by atoms with van der Waals surface area (Å²) in [5.41, 5.74) is 0. The van der Waals surface area contributed by atoms with Gasteiger partial charge < -0.3 is 9.73 Å². The molecule has 1 fully saturated rings. The van der Waals surface area contributed by atoms with E-state index in [1.54, 1.807) is 0 Å². The molecule has 1 atom stereocenters. The topological polar surface area (TPSA) is 25.2 Å². The van der Waals surface area contributed by atoms with E-state index in [0.29, 0.717) is 6.04 Å². The molecule has 1 aromatic rings. The smallest absolute Gasteiger partial charge is 0.169 e. The molecule has 0 bridgehead atoms. The van der Waals surface area contributed by atoms with Gasteiger partial charge in [-0.2, -0.15) is 0 Å². The molecule has 3 heteroatoms. The molecule has 0 radical (unpaired) electrons. The highest BCUT2D eigenvalue weighted by Gasteiger charge is 2.26. The van der Waals surface area contributed by atoms with Gasteiger partial charge >= 0.3 is 0 Å². The average Bonchev–Trinajstić information content (AvgIpc) is 2.84. The first kappa shape index (κ1) is 9.28. The molecule has 0 aliphatic heterocycles. The van der Waals surface area contributed by atoms with E-state index in [0.717, 1.165) is 16.3 Å². The SMILES string of the molecule is CNC(CC1CC1)c1ccc(Br)o1. The summed E-state index contributed by atoms with van der Waals surface area (Å²) in [4.78, 5) is 0. The highest BCUT2D eigenvalue weighted by Crippen LogP contribution is 2.38. The third-order valence-electron chi connectivity index (χ3n) is 2.55. The highest BCUT2D eigenvalue weighted by molar-refractivity contribution is 9.10. The van der Waals surface area contributed by atoms with Crippen LogP contribution in [0.15, 0.2) is 21.2 Å². The standard InChI is InChI=1S/C10H14BrNO/c1-12-8(6-7-2-3-7)9-4-5-10(11)13-9/h4-5,7-8,12H,2-3,6H2,1H3. The Balaban J connectivity index is 2.01. The molecular formula is C10H14BrNO. The van der Waals surface area contributed by atoms with Gasteiger partial charge in [-0.3, -0.25) is 0 Å². The lowest BCUT2D eigenvalue weighted by molar-refractivity contribution is 0.392. The molecule has 13 heavy (non-hydrogen) atoms. The van der Waals surface area contributed by atoms with Crippen molar-refractivity contribution < 1.29 is 4.42 Å². The maximum Gasteiger partial charge on any atom is 0.169 e. The summed E-state index contributed by atoms with van der Waals surface area (Å²) in [6.45, 7) is 0. The quantitative estimate of drug-likeness (QED) is 0.880. The first-order chi connectivity index (χ1) is 6.29. The molecule has 0 saturated heterocycles. The number of nitrogens with one attached hydrogen (secondary N) is 1. The van der Waals surface area contributed by atoms with Gasteiger partial charge in [0.05, 0.1) is 6.04 Å². The Morgan fingerprint density at radius 1 is 1.62 bits per heavy atom. The second-order valence-corrected chi connectivity index (χ2v) is 4.44. The number of hydrogen-bond acceptors (Lipinski definition) is 2. The van der Waals surface area contributed by atoms with Crippen LogP contribution >= 0.6 is 15.9 Å². The first-order valence-corrected chi connectivity index (χ1v) is 5.51. The summed E-state index contributed by atoms with van der Waals surface area (Å²) in [6, 6.07) is 4.37. The molecule has 1 aromatic heterocycles. The molecule has 1 aliphatic rings. The Labute approximate surface area is 86.8 Å². The van der Waals surface area contributed by atoms with Crippen molar-refractivity contribution >= 4 is 15.9 Å². The average molecular weight is 244 g/mol. The molecule has 0 spiro atoms. The van der Waals surface area contributed by atoms with Crippen molar-refractivity contribution in [3.63, 3.8) is 0 Å². The van der Waals surface area contributed by atoms with E-state index >= 15 is 0 Å². The lowest BCUT2D eigenvalue weighted by atomic mass is 10.1. The van der Waals surface area contributed by atoms with E-state index in [1.807, 2.05) is 19.2 Å². The highest BCUT2D eigenvalue weighted by atomic mass is 79.9. The van der Waals surface area contributed by atoms with Crippen LogP contribution in [0.5, 0.6) is 0 Å². The Kier molecular flexibility index (Phi) is 2.74. The molecule has 1 heterocycles. The summed E-state index contributed by atoms with van der Waals surface area (Å²) < 4.78 is 6.34. The van der Waals surface area contributed by atoms with Crippen molar-refractivity contribution in [2.75, 3.05) is 7.05 Å². The van der Waals surface area contributed by atoms with Crippen molar-refractivity contribution in [1.29, 1.82) is 0 Å². The summed E-state index contributed by atoms with van der Waals surface area (Å²) in [6.07, 6.45) is 3.98. The predicted molar refractivity (Wildman–Crippen MR) is 55.5 cm³/mol. The predicted octanol–water partition coefficient (Wildman–Crippen LogP) is 3.10. The zero-order chi connectivity index (χ0) is 9.26. The molecule has 0 aromatic carbocycles. The fourth-order valence-corrected chi connectivity index (χ4v) is 1.90. The van der Waals surface area contributed by atoms with Crippen molar-refractivity contribution in [3.05, 3.63) is 22.6 Å². The summed E-state index contributed by atoms with van der Waals surface area (Å²) in [5, 5.41) is 3.29. The number of rotatable bonds is 4. The lowest BCUT2D eigenvalue weighted by Crippen LogP contribution is -2.16. The van der Waals surface area contributed by atoms with Crippen LogP contribution in [0.3, 0.4) is 0 Å². The van der Waals surface area contributed by atoms with Crippen LogP contribution in [-0.2, 0) is 0 Å². The lowest BCUT2D eigenvalue weighted by Gasteiger charge is -2.12. The zero-order valence-corrected chi connectivity index (χ0v) is 9.30. The van der Waals surface area contributed by atoms with E-state index in [4.69, 9.17) is 4.42 Å². The Morgan fingerprint density at radius 2 is 2.38 bits per heavy atom. The van der Waals surface area contributed by atoms with E-state index < -0.39 is 0 Å². The normalized spacial score (nSPS) is 18.9. The largest absolute Gasteiger partial charge is 0.453 e. The van der Waals surface area contributed by atoms with Gasteiger partial charge in [-0.05, 0) is 47.4 Å². The number of furan rings is 1. The van der Waals surface area contributed by atoms with Crippen LogP contribution < -0.4 is 5.32 Å². The maximum atomic E-state index is 5.52. The Bertz CT molecular complexity index is 280. The maximum absolute atomic E-state index is 5.52. The number of hydrogen-bond donors (Lipinski definition) is 1. The number of halogens is 1. The van der Waals surface area contributed by atoms with E-state index in [-0.39, 0.29) is 0 Å². The molecule has 2 nitrogen and oxygen atoms in total. The molecule has 1 N–H and O–H groups in total. The van der Waals surface area contributed by atoms with Crippen LogP contribution in [0.4, 0.5) is 0 Å². The van der Waals surface area contributed by atoms with E-state index in [9.17, 15) is 0 Å². The van der Waals surface area contributed by atoms with Gasteiger partial charge in [-0.25, -0.2) is 0 Å². The molecule has 1 aliphatic carbocycles. The third kappa shape index (κ3) is 2.35. The van der Waals surface area contributed by atoms with Gasteiger partial charge in [0.25, 0.3) is 0 Å². The van der Waals surface area contributed by atoms with Crippen LogP contribution in [0, 0.1) is 5.92 Å². The Morgan fingerprint density at radius 3 is 2.85 bits per heavy atom. The summed E-state index contributed by atoms with van der Waals surface area (Å²) in [7, 11) is 1.99. The van der Waals surface area contributed by atoms with Crippen molar-refractivity contribution in [2.24, 2.45) is 5.92 Å². The summed E-state index contributed by atoms with van der Waals surface area (Å²) >= 11 is 3.32. The van der Waals surface area contributed by atoms with Gasteiger partial charge in [-0.15, -0.1) is 0 Å². The van der Waals surface area contributed by atoms with Gasteiger partial charge in [-0.1, -0.05) is 12.8 Å². The molecule has 0 amide bonds. The fourth-order valence-electron chi connectivity index (χ4n) is 1.58. The van der Waals surface area contributed by atoms with Crippen LogP contribution in [0.2, 0.25) is 0 Å². The minimum atomic E-state index is 0.388. The second-order valence-electron chi connectivity index (χ2n) is 3.66. The van der Waals surface area contributed by atoms with E-state index in [2.05, 4.69) is 21.2 Å². The third-order valence-corrected chi connectivity index (χ3v) is 2.98. The Hall–Kier alpha value is -0.280. The van der Waals surface area contributed by atoms with Crippen LogP contribution in [0.1, 0.15) is 31.1 Å². The summed E-state index contributed by atoms with van der Waals surface area (Å²) in [5.74, 6) is 1.96.